The normalized spacial score (nSPS) is 14.8. The molecule has 134 valence electrons. The summed E-state index contributed by atoms with van der Waals surface area (Å²) >= 11 is 1.51. The smallest absolute Gasteiger partial charge is 0.329 e. The maximum absolute atomic E-state index is 12.7. The number of hydrogen-bond acceptors (Lipinski definition) is 6. The highest BCUT2D eigenvalue weighted by atomic mass is 32.1. The van der Waals surface area contributed by atoms with Crippen LogP contribution in [0, 0.1) is 0 Å². The minimum absolute atomic E-state index is 0.0163. The van der Waals surface area contributed by atoms with Crippen molar-refractivity contribution < 1.29 is 4.79 Å². The Balaban J connectivity index is 1.48. The van der Waals surface area contributed by atoms with Gasteiger partial charge in [0.25, 0.3) is 11.5 Å². The summed E-state index contributed by atoms with van der Waals surface area (Å²) in [5.74, 6) is 0.480. The number of aromatic nitrogens is 3. The van der Waals surface area contributed by atoms with Crippen molar-refractivity contribution in [2.45, 2.75) is 0 Å². The predicted molar refractivity (Wildman–Crippen MR) is 100 cm³/mol. The van der Waals surface area contributed by atoms with Gasteiger partial charge in [0.05, 0.1) is 15.7 Å². The van der Waals surface area contributed by atoms with Crippen LogP contribution in [0.2, 0.25) is 0 Å². The summed E-state index contributed by atoms with van der Waals surface area (Å²) in [7, 11) is 1.43. The summed E-state index contributed by atoms with van der Waals surface area (Å²) < 4.78 is 2.02. The summed E-state index contributed by atoms with van der Waals surface area (Å²) in [5, 5.41) is 0. The van der Waals surface area contributed by atoms with Crippen molar-refractivity contribution in [2.24, 2.45) is 7.05 Å². The highest BCUT2D eigenvalue weighted by Gasteiger charge is 2.23. The molecule has 0 radical (unpaired) electrons. The number of anilines is 1. The van der Waals surface area contributed by atoms with E-state index in [1.807, 2.05) is 17.0 Å². The number of aromatic amines is 1. The van der Waals surface area contributed by atoms with Crippen LogP contribution in [0.25, 0.3) is 10.2 Å². The summed E-state index contributed by atoms with van der Waals surface area (Å²) in [6.07, 6.45) is 0. The molecular weight excluding hydrogens is 354 g/mol. The van der Waals surface area contributed by atoms with Gasteiger partial charge in [-0.2, -0.15) is 0 Å². The molecule has 2 aromatic heterocycles. The van der Waals surface area contributed by atoms with Crippen LogP contribution in [-0.4, -0.2) is 51.5 Å². The second-order valence-electron chi connectivity index (χ2n) is 6.17. The lowest BCUT2D eigenvalue weighted by Gasteiger charge is -2.35. The second-order valence-corrected chi connectivity index (χ2v) is 7.06. The van der Waals surface area contributed by atoms with Crippen LogP contribution in [0.4, 0.5) is 5.82 Å². The van der Waals surface area contributed by atoms with Gasteiger partial charge in [-0.15, -0.1) is 11.3 Å². The Labute approximate surface area is 152 Å². The van der Waals surface area contributed by atoms with Gasteiger partial charge in [-0.05, 0) is 18.2 Å². The van der Waals surface area contributed by atoms with Crippen molar-refractivity contribution in [1.29, 1.82) is 0 Å². The monoisotopic (exact) mass is 371 g/mol. The van der Waals surface area contributed by atoms with Crippen LogP contribution >= 0.6 is 11.3 Å². The Morgan fingerprint density at radius 1 is 1.15 bits per heavy atom. The Hall–Kier alpha value is -2.94. The third kappa shape index (κ3) is 2.90. The molecule has 0 atom stereocenters. The van der Waals surface area contributed by atoms with Crippen LogP contribution in [0.5, 0.6) is 0 Å². The van der Waals surface area contributed by atoms with Gasteiger partial charge in [0.1, 0.15) is 5.82 Å². The van der Waals surface area contributed by atoms with E-state index in [0.717, 1.165) is 14.8 Å². The zero-order valence-electron chi connectivity index (χ0n) is 14.1. The average molecular weight is 371 g/mol. The molecule has 0 aliphatic carbocycles. The summed E-state index contributed by atoms with van der Waals surface area (Å²) in [5.41, 5.74) is 2.52. The van der Waals surface area contributed by atoms with Crippen molar-refractivity contribution in [3.05, 3.63) is 56.2 Å². The second kappa shape index (κ2) is 6.41. The molecule has 8 nitrogen and oxygen atoms in total. The van der Waals surface area contributed by atoms with E-state index in [9.17, 15) is 14.4 Å². The molecule has 26 heavy (non-hydrogen) atoms. The minimum Gasteiger partial charge on any atom is -0.354 e. The summed E-state index contributed by atoms with van der Waals surface area (Å²) in [6.45, 7) is 2.16. The first-order valence-corrected chi connectivity index (χ1v) is 9.09. The topological polar surface area (TPSA) is 91.3 Å². The number of hydrogen-bond donors (Lipinski definition) is 1. The molecule has 9 heteroatoms. The molecule has 1 aliphatic rings. The number of carbonyl (C=O) groups is 1. The molecule has 1 amide bonds. The van der Waals surface area contributed by atoms with Crippen LogP contribution in [0.3, 0.4) is 0 Å². The molecule has 1 aliphatic heterocycles. The van der Waals surface area contributed by atoms with Crippen molar-refractivity contribution in [3.63, 3.8) is 0 Å². The van der Waals surface area contributed by atoms with Crippen molar-refractivity contribution >= 4 is 33.3 Å². The number of nitrogens with one attached hydrogen (secondary N) is 1. The number of nitrogens with zero attached hydrogens (tertiary/aromatic N) is 4. The van der Waals surface area contributed by atoms with E-state index in [4.69, 9.17) is 0 Å². The van der Waals surface area contributed by atoms with E-state index in [1.165, 1.54) is 24.5 Å². The molecule has 0 spiro atoms. The molecule has 0 saturated carbocycles. The Morgan fingerprint density at radius 3 is 2.65 bits per heavy atom. The number of benzene rings is 1. The SMILES string of the molecule is Cn1c(=O)cc(N2CCN(C(=O)c3ccc4ncsc4c3)CC2)[nH]c1=O. The first-order valence-electron chi connectivity index (χ1n) is 8.21. The number of piperazine rings is 1. The van der Waals surface area contributed by atoms with E-state index in [-0.39, 0.29) is 11.5 Å². The minimum atomic E-state index is -0.441. The quantitative estimate of drug-likeness (QED) is 0.714. The van der Waals surface area contributed by atoms with E-state index in [1.54, 1.807) is 16.5 Å². The van der Waals surface area contributed by atoms with Gasteiger partial charge >= 0.3 is 5.69 Å². The largest absolute Gasteiger partial charge is 0.354 e. The molecule has 0 bridgehead atoms. The molecule has 1 N–H and O–H groups in total. The molecular formula is C17H17N5O3S. The highest BCUT2D eigenvalue weighted by Crippen LogP contribution is 2.20. The van der Waals surface area contributed by atoms with Gasteiger partial charge in [0, 0.05) is 44.9 Å². The first kappa shape index (κ1) is 16.5. The van der Waals surface area contributed by atoms with Crippen molar-refractivity contribution in [3.8, 4) is 0 Å². The Bertz CT molecular complexity index is 1060. The number of rotatable bonds is 2. The number of amides is 1. The zero-order valence-corrected chi connectivity index (χ0v) is 15.0. The Morgan fingerprint density at radius 2 is 1.92 bits per heavy atom. The third-order valence-electron chi connectivity index (χ3n) is 4.62. The predicted octanol–water partition coefficient (Wildman–Crippen LogP) is 0.646. The Kier molecular flexibility index (Phi) is 4.08. The zero-order chi connectivity index (χ0) is 18.3. The van der Waals surface area contributed by atoms with Gasteiger partial charge in [0.15, 0.2) is 0 Å². The molecule has 4 rings (SSSR count). The van der Waals surface area contributed by atoms with E-state index >= 15 is 0 Å². The maximum atomic E-state index is 12.7. The molecule has 1 aromatic carbocycles. The summed E-state index contributed by atoms with van der Waals surface area (Å²) in [4.78, 5) is 46.9. The standard InChI is InChI=1S/C17H17N5O3S/c1-20-15(23)9-14(19-17(20)25)21-4-6-22(7-5-21)16(24)11-2-3-12-13(8-11)26-10-18-12/h2-3,8-10H,4-7H2,1H3,(H,19,25). The van der Waals surface area contributed by atoms with E-state index in [0.29, 0.717) is 37.6 Å². The maximum Gasteiger partial charge on any atom is 0.329 e. The van der Waals surface area contributed by atoms with Gasteiger partial charge in [0.2, 0.25) is 0 Å². The molecule has 3 heterocycles. The highest BCUT2D eigenvalue weighted by molar-refractivity contribution is 7.16. The average Bonchev–Trinajstić information content (AvgIpc) is 3.13. The molecule has 1 fully saturated rings. The van der Waals surface area contributed by atoms with Gasteiger partial charge in [-0.3, -0.25) is 19.1 Å². The van der Waals surface area contributed by atoms with Gasteiger partial charge in [-0.25, -0.2) is 9.78 Å². The number of thiazole rings is 1. The van der Waals surface area contributed by atoms with Gasteiger partial charge < -0.3 is 9.80 Å². The summed E-state index contributed by atoms with van der Waals surface area (Å²) in [6, 6.07) is 6.95. The van der Waals surface area contributed by atoms with E-state index < -0.39 is 5.69 Å². The first-order chi connectivity index (χ1) is 12.5. The van der Waals surface area contributed by atoms with Crippen LogP contribution in [0.1, 0.15) is 10.4 Å². The molecule has 1 saturated heterocycles. The number of fused-ring (bicyclic) bond motifs is 1. The third-order valence-corrected chi connectivity index (χ3v) is 5.41. The number of H-pyrrole nitrogens is 1. The van der Waals surface area contributed by atoms with Crippen molar-refractivity contribution in [2.75, 3.05) is 31.1 Å². The van der Waals surface area contributed by atoms with Crippen LogP contribution in [-0.2, 0) is 7.05 Å². The lowest BCUT2D eigenvalue weighted by molar-refractivity contribution is 0.0746. The lowest BCUT2D eigenvalue weighted by atomic mass is 10.1. The lowest BCUT2D eigenvalue weighted by Crippen LogP contribution is -2.50. The fourth-order valence-corrected chi connectivity index (χ4v) is 3.75. The number of carbonyl (C=O) groups excluding carboxylic acids is 1. The van der Waals surface area contributed by atoms with E-state index in [2.05, 4.69) is 9.97 Å². The fraction of sp³-hybridized carbons (Fsp3) is 0.294. The van der Waals surface area contributed by atoms with Gasteiger partial charge in [-0.1, -0.05) is 0 Å². The van der Waals surface area contributed by atoms with Crippen molar-refractivity contribution in [1.82, 2.24) is 19.4 Å². The van der Waals surface area contributed by atoms with Crippen LogP contribution < -0.4 is 16.1 Å². The molecule has 3 aromatic rings. The molecule has 0 unspecified atom stereocenters. The van der Waals surface area contributed by atoms with Crippen LogP contribution in [0.15, 0.2) is 39.4 Å². The fourth-order valence-electron chi connectivity index (χ4n) is 3.03.